The molecule has 0 radical (unpaired) electrons. The molecule has 3 rings (SSSR count). The highest BCUT2D eigenvalue weighted by molar-refractivity contribution is 6.31. The average Bonchev–Trinajstić information content (AvgIpc) is 2.69. The number of amides is 1. The lowest BCUT2D eigenvalue weighted by atomic mass is 10.1. The van der Waals surface area contributed by atoms with Crippen LogP contribution in [-0.2, 0) is 6.42 Å². The predicted octanol–water partition coefficient (Wildman–Crippen LogP) is 5.17. The van der Waals surface area contributed by atoms with Crippen LogP contribution in [0.3, 0.4) is 0 Å². The van der Waals surface area contributed by atoms with Gasteiger partial charge in [0, 0.05) is 24.1 Å². The van der Waals surface area contributed by atoms with Gasteiger partial charge in [-0.25, -0.2) is 4.39 Å². The van der Waals surface area contributed by atoms with Crippen molar-refractivity contribution >= 4 is 28.9 Å². The zero-order chi connectivity index (χ0) is 19.1. The third kappa shape index (κ3) is 5.53. The minimum atomic E-state index is -0.533. The first-order valence-corrected chi connectivity index (χ1v) is 9.00. The molecule has 3 aromatic rings. The Labute approximate surface area is 162 Å². The van der Waals surface area contributed by atoms with Gasteiger partial charge in [0.25, 0.3) is 5.91 Å². The van der Waals surface area contributed by atoms with Crippen LogP contribution in [0.15, 0.2) is 66.9 Å². The number of aromatic nitrogens is 1. The minimum absolute atomic E-state index is 0.0467. The molecule has 4 nitrogen and oxygen atoms in total. The van der Waals surface area contributed by atoms with Crippen LogP contribution in [0, 0.1) is 5.82 Å². The highest BCUT2D eigenvalue weighted by Gasteiger charge is 2.10. The summed E-state index contributed by atoms with van der Waals surface area (Å²) in [6.07, 6.45) is 3.53. The number of hydrogen-bond donors (Lipinski definition) is 2. The molecule has 0 saturated carbocycles. The lowest BCUT2D eigenvalue weighted by Crippen LogP contribution is -2.14. The Morgan fingerprint density at radius 2 is 1.85 bits per heavy atom. The number of nitrogens with zero attached hydrogens (tertiary/aromatic N) is 1. The summed E-state index contributed by atoms with van der Waals surface area (Å²) in [5.74, 6) is -0.917. The minimum Gasteiger partial charge on any atom is -0.385 e. The molecule has 0 fully saturated rings. The summed E-state index contributed by atoms with van der Waals surface area (Å²) in [5.41, 5.74) is 2.80. The normalized spacial score (nSPS) is 10.4. The van der Waals surface area contributed by atoms with Crippen LogP contribution >= 0.6 is 11.6 Å². The molecular weight excluding hydrogens is 365 g/mol. The topological polar surface area (TPSA) is 54.0 Å². The lowest BCUT2D eigenvalue weighted by molar-refractivity contribution is 0.102. The van der Waals surface area contributed by atoms with Crippen LogP contribution in [0.25, 0.3) is 0 Å². The van der Waals surface area contributed by atoms with Crippen LogP contribution in [0.1, 0.15) is 22.5 Å². The summed E-state index contributed by atoms with van der Waals surface area (Å²) in [6.45, 7) is 0.785. The molecule has 0 spiro atoms. The Morgan fingerprint density at radius 3 is 2.63 bits per heavy atom. The molecule has 0 bridgehead atoms. The van der Waals surface area contributed by atoms with Crippen molar-refractivity contribution in [3.8, 4) is 0 Å². The van der Waals surface area contributed by atoms with Gasteiger partial charge in [0.05, 0.1) is 5.02 Å². The summed E-state index contributed by atoms with van der Waals surface area (Å²) in [4.78, 5) is 16.4. The summed E-state index contributed by atoms with van der Waals surface area (Å²) in [5, 5.41) is 5.92. The van der Waals surface area contributed by atoms with Crippen molar-refractivity contribution < 1.29 is 9.18 Å². The molecule has 1 heterocycles. The van der Waals surface area contributed by atoms with Crippen molar-refractivity contribution in [1.82, 2.24) is 4.98 Å². The van der Waals surface area contributed by atoms with Gasteiger partial charge in [-0.05, 0) is 48.7 Å². The molecule has 138 valence electrons. The van der Waals surface area contributed by atoms with Gasteiger partial charge in [0.1, 0.15) is 11.5 Å². The summed E-state index contributed by atoms with van der Waals surface area (Å²) in [6, 6.07) is 17.8. The standard InChI is InChI=1S/C21H19ClFN3O/c22-18-13-17(8-9-19(18)23)26-21(27)20-14-16(10-12-25-20)24-11-4-7-15-5-2-1-3-6-15/h1-3,5-6,8-10,12-14H,4,7,11H2,(H,24,25)(H,26,27). The highest BCUT2D eigenvalue weighted by atomic mass is 35.5. The molecule has 6 heteroatoms. The van der Waals surface area contributed by atoms with E-state index in [0.717, 1.165) is 25.1 Å². The van der Waals surface area contributed by atoms with Crippen LogP contribution < -0.4 is 10.6 Å². The number of aryl methyl sites for hydroxylation is 1. The maximum atomic E-state index is 13.2. The molecule has 0 atom stereocenters. The van der Waals surface area contributed by atoms with E-state index in [0.29, 0.717) is 5.69 Å². The van der Waals surface area contributed by atoms with E-state index in [1.807, 2.05) is 24.3 Å². The molecule has 0 unspecified atom stereocenters. The summed E-state index contributed by atoms with van der Waals surface area (Å²) >= 11 is 5.73. The Kier molecular flexibility index (Phi) is 6.39. The van der Waals surface area contributed by atoms with E-state index < -0.39 is 5.82 Å². The number of benzene rings is 2. The molecule has 0 saturated heterocycles. The van der Waals surface area contributed by atoms with Crippen molar-refractivity contribution in [2.45, 2.75) is 12.8 Å². The molecule has 27 heavy (non-hydrogen) atoms. The SMILES string of the molecule is O=C(Nc1ccc(F)c(Cl)c1)c1cc(NCCCc2ccccc2)ccn1. The van der Waals surface area contributed by atoms with Gasteiger partial charge in [-0.2, -0.15) is 0 Å². The molecular formula is C21H19ClFN3O. The zero-order valence-corrected chi connectivity index (χ0v) is 15.3. The molecule has 0 aliphatic carbocycles. The second kappa shape index (κ2) is 9.14. The van der Waals surface area contributed by atoms with E-state index >= 15 is 0 Å². The molecule has 2 aromatic carbocycles. The number of carbonyl (C=O) groups excluding carboxylic acids is 1. The first-order valence-electron chi connectivity index (χ1n) is 8.62. The first-order chi connectivity index (χ1) is 13.1. The van der Waals surface area contributed by atoms with Crippen molar-refractivity contribution in [2.75, 3.05) is 17.2 Å². The number of halogens is 2. The second-order valence-electron chi connectivity index (χ2n) is 6.03. The second-order valence-corrected chi connectivity index (χ2v) is 6.44. The average molecular weight is 384 g/mol. The van der Waals surface area contributed by atoms with Gasteiger partial charge in [-0.1, -0.05) is 41.9 Å². The largest absolute Gasteiger partial charge is 0.385 e. The van der Waals surface area contributed by atoms with E-state index in [2.05, 4.69) is 27.8 Å². The van der Waals surface area contributed by atoms with Gasteiger partial charge in [0.2, 0.25) is 0 Å². The molecule has 0 aliphatic heterocycles. The van der Waals surface area contributed by atoms with Gasteiger partial charge in [-0.15, -0.1) is 0 Å². The first kappa shape index (κ1) is 18.9. The summed E-state index contributed by atoms with van der Waals surface area (Å²) in [7, 11) is 0. The zero-order valence-electron chi connectivity index (χ0n) is 14.6. The van der Waals surface area contributed by atoms with E-state index in [4.69, 9.17) is 11.6 Å². The van der Waals surface area contributed by atoms with Crippen molar-refractivity contribution in [3.63, 3.8) is 0 Å². The fraction of sp³-hybridized carbons (Fsp3) is 0.143. The smallest absolute Gasteiger partial charge is 0.274 e. The number of hydrogen-bond acceptors (Lipinski definition) is 3. The van der Waals surface area contributed by atoms with Crippen LogP contribution in [0.4, 0.5) is 15.8 Å². The molecule has 1 aromatic heterocycles. The number of rotatable bonds is 7. The molecule has 1 amide bonds. The van der Waals surface area contributed by atoms with Crippen LogP contribution in [0.2, 0.25) is 5.02 Å². The highest BCUT2D eigenvalue weighted by Crippen LogP contribution is 2.20. The van der Waals surface area contributed by atoms with E-state index in [1.165, 1.54) is 23.8 Å². The Morgan fingerprint density at radius 1 is 1.04 bits per heavy atom. The Balaban J connectivity index is 1.54. The van der Waals surface area contributed by atoms with Crippen molar-refractivity contribution in [1.29, 1.82) is 0 Å². The van der Waals surface area contributed by atoms with Gasteiger partial charge in [0.15, 0.2) is 0 Å². The van der Waals surface area contributed by atoms with Crippen molar-refractivity contribution in [2.24, 2.45) is 0 Å². The number of carbonyl (C=O) groups is 1. The van der Waals surface area contributed by atoms with Gasteiger partial charge < -0.3 is 10.6 Å². The number of anilines is 2. The fourth-order valence-corrected chi connectivity index (χ4v) is 2.78. The van der Waals surface area contributed by atoms with E-state index in [9.17, 15) is 9.18 Å². The number of nitrogens with one attached hydrogen (secondary N) is 2. The lowest BCUT2D eigenvalue weighted by Gasteiger charge is -2.09. The van der Waals surface area contributed by atoms with E-state index in [1.54, 1.807) is 12.3 Å². The van der Waals surface area contributed by atoms with Crippen molar-refractivity contribution in [3.05, 3.63) is 89.0 Å². The third-order valence-corrected chi connectivity index (χ3v) is 4.27. The predicted molar refractivity (Wildman–Crippen MR) is 107 cm³/mol. The maximum absolute atomic E-state index is 13.2. The third-order valence-electron chi connectivity index (χ3n) is 3.98. The van der Waals surface area contributed by atoms with Crippen LogP contribution in [0.5, 0.6) is 0 Å². The number of pyridine rings is 1. The van der Waals surface area contributed by atoms with Gasteiger partial charge in [-0.3, -0.25) is 9.78 Å². The van der Waals surface area contributed by atoms with E-state index in [-0.39, 0.29) is 16.6 Å². The summed E-state index contributed by atoms with van der Waals surface area (Å²) < 4.78 is 13.2. The van der Waals surface area contributed by atoms with Gasteiger partial charge >= 0.3 is 0 Å². The Bertz CT molecular complexity index is 918. The molecule has 2 N–H and O–H groups in total. The van der Waals surface area contributed by atoms with Crippen LogP contribution in [-0.4, -0.2) is 17.4 Å². The molecule has 0 aliphatic rings. The quantitative estimate of drug-likeness (QED) is 0.553. The monoisotopic (exact) mass is 383 g/mol. The maximum Gasteiger partial charge on any atom is 0.274 e. The Hall–Kier alpha value is -2.92. The fourth-order valence-electron chi connectivity index (χ4n) is 2.60.